The lowest BCUT2D eigenvalue weighted by atomic mass is 9.95. The van der Waals surface area contributed by atoms with Gasteiger partial charge in [0.2, 0.25) is 0 Å². The van der Waals surface area contributed by atoms with Gasteiger partial charge >= 0.3 is 0 Å². The van der Waals surface area contributed by atoms with Gasteiger partial charge in [-0.3, -0.25) is 0 Å². The summed E-state index contributed by atoms with van der Waals surface area (Å²) in [5.41, 5.74) is 4.21. The Balaban J connectivity index is 2.26. The average molecular weight is 306 g/mol. The molecule has 0 saturated heterocycles. The normalized spacial score (nSPS) is 24.7. The van der Waals surface area contributed by atoms with Crippen molar-refractivity contribution >= 4 is 15.7 Å². The van der Waals surface area contributed by atoms with Crippen LogP contribution in [0.2, 0.25) is 0 Å². The predicted molar refractivity (Wildman–Crippen MR) is 85.6 cm³/mol. The average Bonchev–Trinajstić information content (AvgIpc) is 2.62. The Morgan fingerprint density at radius 3 is 2.05 bits per heavy atom. The molecule has 0 fully saturated rings. The second-order valence-corrected chi connectivity index (χ2v) is 7.45. The summed E-state index contributed by atoms with van der Waals surface area (Å²) in [4.78, 5) is 2.60. The van der Waals surface area contributed by atoms with Crippen molar-refractivity contribution < 1.29 is 8.42 Å². The Morgan fingerprint density at radius 2 is 1.57 bits per heavy atom. The highest BCUT2D eigenvalue weighted by molar-refractivity contribution is 7.89. The number of rotatable bonds is 3. The van der Waals surface area contributed by atoms with E-state index in [0.29, 0.717) is 5.92 Å². The van der Waals surface area contributed by atoms with Crippen molar-refractivity contribution in [2.75, 3.05) is 0 Å². The molecule has 1 aliphatic rings. The SMILES string of the molecule is CC1=C(C)C(C)C(C)C1=NNS(=O)(=O)c1ccc(C)cc1. The van der Waals surface area contributed by atoms with E-state index in [2.05, 4.69) is 30.7 Å². The quantitative estimate of drug-likeness (QED) is 0.871. The van der Waals surface area contributed by atoms with Gasteiger partial charge in [-0.15, -0.1) is 0 Å². The smallest absolute Gasteiger partial charge is 0.200 e. The number of hydrogen-bond donors (Lipinski definition) is 1. The Morgan fingerprint density at radius 1 is 1.00 bits per heavy atom. The lowest BCUT2D eigenvalue weighted by Crippen LogP contribution is -2.22. The van der Waals surface area contributed by atoms with Gasteiger partial charge in [0.15, 0.2) is 0 Å². The maximum atomic E-state index is 12.2. The molecule has 114 valence electrons. The molecule has 5 heteroatoms. The third-order valence-electron chi connectivity index (χ3n) is 4.46. The van der Waals surface area contributed by atoms with Crippen molar-refractivity contribution in [3.63, 3.8) is 0 Å². The number of hydrogen-bond acceptors (Lipinski definition) is 3. The Hall–Kier alpha value is -1.62. The number of hydrazone groups is 1. The van der Waals surface area contributed by atoms with Crippen LogP contribution in [0.4, 0.5) is 0 Å². The van der Waals surface area contributed by atoms with Gasteiger partial charge in [0, 0.05) is 5.92 Å². The molecule has 0 spiro atoms. The zero-order chi connectivity index (χ0) is 15.8. The highest BCUT2D eigenvalue weighted by Crippen LogP contribution is 2.34. The van der Waals surface area contributed by atoms with Crippen LogP contribution in [0.15, 0.2) is 45.4 Å². The van der Waals surface area contributed by atoms with E-state index < -0.39 is 10.0 Å². The fraction of sp³-hybridized carbons (Fsp3) is 0.438. The first-order chi connectivity index (χ1) is 9.74. The molecule has 0 aromatic heterocycles. The number of nitrogens with zero attached hydrogens (tertiary/aromatic N) is 1. The molecule has 4 nitrogen and oxygen atoms in total. The first-order valence-electron chi connectivity index (χ1n) is 7.08. The monoisotopic (exact) mass is 306 g/mol. The van der Waals surface area contributed by atoms with E-state index >= 15 is 0 Å². The fourth-order valence-electron chi connectivity index (χ4n) is 2.56. The number of benzene rings is 1. The third-order valence-corrected chi connectivity index (χ3v) is 5.68. The van der Waals surface area contributed by atoms with Crippen LogP contribution < -0.4 is 4.83 Å². The van der Waals surface area contributed by atoms with Gasteiger partial charge in [-0.05, 0) is 44.4 Å². The highest BCUT2D eigenvalue weighted by atomic mass is 32.2. The summed E-state index contributed by atoms with van der Waals surface area (Å²) in [5.74, 6) is 0.623. The van der Waals surface area contributed by atoms with Gasteiger partial charge in [0.25, 0.3) is 10.0 Å². The van der Waals surface area contributed by atoms with E-state index in [-0.39, 0.29) is 10.8 Å². The van der Waals surface area contributed by atoms with E-state index in [4.69, 9.17) is 0 Å². The minimum absolute atomic E-state index is 0.228. The van der Waals surface area contributed by atoms with E-state index in [1.165, 1.54) is 5.57 Å². The van der Waals surface area contributed by atoms with Crippen LogP contribution in [0.3, 0.4) is 0 Å². The van der Waals surface area contributed by atoms with Gasteiger partial charge < -0.3 is 0 Å². The van der Waals surface area contributed by atoms with E-state index in [1.807, 2.05) is 13.8 Å². The molecule has 0 heterocycles. The van der Waals surface area contributed by atoms with Crippen molar-refractivity contribution in [1.82, 2.24) is 4.83 Å². The second-order valence-electron chi connectivity index (χ2n) is 5.79. The molecule has 1 aromatic rings. The molecular weight excluding hydrogens is 284 g/mol. The lowest BCUT2D eigenvalue weighted by Gasteiger charge is -2.12. The summed E-state index contributed by atoms with van der Waals surface area (Å²) in [7, 11) is -3.61. The summed E-state index contributed by atoms with van der Waals surface area (Å²) in [6.45, 7) is 10.2. The zero-order valence-electron chi connectivity index (χ0n) is 13.1. The minimum Gasteiger partial charge on any atom is -0.200 e. The molecular formula is C16H22N2O2S. The molecule has 0 bridgehead atoms. The minimum atomic E-state index is -3.61. The number of sulfonamides is 1. The van der Waals surface area contributed by atoms with Crippen molar-refractivity contribution in [3.8, 4) is 0 Å². The third kappa shape index (κ3) is 3.02. The lowest BCUT2D eigenvalue weighted by molar-refractivity contribution is 0.572. The Labute approximate surface area is 127 Å². The summed E-state index contributed by atoms with van der Waals surface area (Å²) in [6, 6.07) is 6.73. The molecule has 21 heavy (non-hydrogen) atoms. The molecule has 0 radical (unpaired) electrons. The largest absolute Gasteiger partial charge is 0.276 e. The van der Waals surface area contributed by atoms with Crippen LogP contribution in [0.5, 0.6) is 0 Å². The van der Waals surface area contributed by atoms with Gasteiger partial charge in [0.05, 0.1) is 10.6 Å². The van der Waals surface area contributed by atoms with E-state index in [9.17, 15) is 8.42 Å². The topological polar surface area (TPSA) is 58.5 Å². The van der Waals surface area contributed by atoms with Gasteiger partial charge in [0.1, 0.15) is 0 Å². The first kappa shape index (κ1) is 15.8. The molecule has 1 aromatic carbocycles. The van der Waals surface area contributed by atoms with Crippen molar-refractivity contribution in [3.05, 3.63) is 41.0 Å². The zero-order valence-corrected chi connectivity index (χ0v) is 14.0. The molecule has 0 amide bonds. The van der Waals surface area contributed by atoms with Crippen LogP contribution in [0.25, 0.3) is 0 Å². The number of aryl methyl sites for hydroxylation is 1. The Bertz CT molecular complexity index is 700. The number of allylic oxidation sites excluding steroid dienone is 2. The number of nitrogens with one attached hydrogen (secondary N) is 1. The van der Waals surface area contributed by atoms with E-state index in [0.717, 1.165) is 16.8 Å². The van der Waals surface area contributed by atoms with Crippen molar-refractivity contribution in [1.29, 1.82) is 0 Å². The molecule has 0 aliphatic heterocycles. The van der Waals surface area contributed by atoms with E-state index in [1.54, 1.807) is 24.3 Å². The summed E-state index contributed by atoms with van der Waals surface area (Å²) in [6.07, 6.45) is 0. The van der Waals surface area contributed by atoms with Crippen LogP contribution >= 0.6 is 0 Å². The van der Waals surface area contributed by atoms with Crippen LogP contribution in [-0.4, -0.2) is 14.1 Å². The predicted octanol–water partition coefficient (Wildman–Crippen LogP) is 3.25. The van der Waals surface area contributed by atoms with Gasteiger partial charge in [-0.1, -0.05) is 37.1 Å². The van der Waals surface area contributed by atoms with Crippen molar-refractivity contribution in [2.45, 2.75) is 39.5 Å². The highest BCUT2D eigenvalue weighted by Gasteiger charge is 2.30. The van der Waals surface area contributed by atoms with Crippen LogP contribution in [0, 0.1) is 18.8 Å². The maximum Gasteiger partial charge on any atom is 0.276 e. The summed E-state index contributed by atoms with van der Waals surface area (Å²) in [5, 5.41) is 4.18. The molecule has 0 saturated carbocycles. The molecule has 1 N–H and O–H groups in total. The van der Waals surface area contributed by atoms with Crippen molar-refractivity contribution in [2.24, 2.45) is 16.9 Å². The summed E-state index contributed by atoms with van der Waals surface area (Å²) < 4.78 is 24.5. The molecule has 2 unspecified atom stereocenters. The fourth-order valence-corrected chi connectivity index (χ4v) is 3.38. The van der Waals surface area contributed by atoms with Crippen LogP contribution in [0.1, 0.15) is 33.3 Å². The second kappa shape index (κ2) is 5.64. The Kier molecular flexibility index (Phi) is 4.23. The molecule has 2 rings (SSSR count). The molecule has 2 atom stereocenters. The van der Waals surface area contributed by atoms with Gasteiger partial charge in [-0.2, -0.15) is 18.4 Å². The molecule has 1 aliphatic carbocycles. The van der Waals surface area contributed by atoms with Crippen LogP contribution in [-0.2, 0) is 10.0 Å². The summed E-state index contributed by atoms with van der Waals surface area (Å²) >= 11 is 0. The first-order valence-corrected chi connectivity index (χ1v) is 8.56. The van der Waals surface area contributed by atoms with Gasteiger partial charge in [-0.25, -0.2) is 0 Å². The standard InChI is InChI=1S/C16H22N2O2S/c1-10-6-8-15(9-7-10)21(19,20)18-17-16-13(4)11(2)12(3)14(16)5/h6-9,11,13,18H,1-5H3. The maximum absolute atomic E-state index is 12.2.